The number of guanidine groups is 1. The lowest BCUT2D eigenvalue weighted by molar-refractivity contribution is -0.140. The lowest BCUT2D eigenvalue weighted by Gasteiger charge is -2.11. The highest BCUT2D eigenvalue weighted by molar-refractivity contribution is 14.0. The number of nitrogens with zero attached hydrogens (tertiary/aromatic N) is 2. The Labute approximate surface area is 156 Å². The van der Waals surface area contributed by atoms with Crippen LogP contribution in [0.3, 0.4) is 0 Å². The summed E-state index contributed by atoms with van der Waals surface area (Å²) in [5.41, 5.74) is -0.816. The van der Waals surface area contributed by atoms with Crippen molar-refractivity contribution < 1.29 is 13.2 Å². The van der Waals surface area contributed by atoms with Crippen LogP contribution in [0.15, 0.2) is 10.4 Å². The molecule has 4 nitrogen and oxygen atoms in total. The molecule has 1 aromatic rings. The second-order valence-corrected chi connectivity index (χ2v) is 6.28. The molecule has 0 aliphatic heterocycles. The molecular formula is C14H24F3IN4S. The normalized spacial score (nSPS) is 12.2. The average Bonchev–Trinajstić information content (AvgIpc) is 2.90. The van der Waals surface area contributed by atoms with Crippen LogP contribution >= 0.6 is 35.3 Å². The topological polar surface area (TPSA) is 49.3 Å². The Hall–Kier alpha value is -0.580. The van der Waals surface area contributed by atoms with E-state index in [2.05, 4.69) is 34.5 Å². The zero-order valence-electron chi connectivity index (χ0n) is 13.5. The molecule has 0 spiro atoms. The Balaban J connectivity index is 0.00000484. The number of thiazole rings is 1. The maximum Gasteiger partial charge on any atom is 0.434 e. The molecule has 1 aromatic heterocycles. The summed E-state index contributed by atoms with van der Waals surface area (Å²) in [7, 11) is 1.67. The van der Waals surface area contributed by atoms with E-state index in [1.165, 1.54) is 0 Å². The van der Waals surface area contributed by atoms with Gasteiger partial charge in [0, 0.05) is 31.9 Å². The van der Waals surface area contributed by atoms with Gasteiger partial charge in [-0.25, -0.2) is 4.98 Å². The van der Waals surface area contributed by atoms with Crippen molar-refractivity contribution in [1.29, 1.82) is 0 Å². The van der Waals surface area contributed by atoms with Crippen LogP contribution in [0.2, 0.25) is 0 Å². The summed E-state index contributed by atoms with van der Waals surface area (Å²) in [4.78, 5) is 7.67. The van der Waals surface area contributed by atoms with E-state index in [0.717, 1.165) is 36.1 Å². The fourth-order valence-electron chi connectivity index (χ4n) is 1.78. The Morgan fingerprint density at radius 2 is 1.96 bits per heavy atom. The minimum absolute atomic E-state index is 0. The number of halogens is 4. The van der Waals surface area contributed by atoms with Crippen molar-refractivity contribution in [3.05, 3.63) is 16.1 Å². The number of alkyl halides is 3. The summed E-state index contributed by atoms with van der Waals surface area (Å²) in [6.07, 6.45) is -1.73. The molecule has 0 aliphatic rings. The maximum atomic E-state index is 12.4. The van der Waals surface area contributed by atoms with Gasteiger partial charge in [-0.15, -0.1) is 35.3 Å². The SMILES string of the molecule is CN=C(NCCCC(C)C)NCCc1nc(C(F)(F)F)cs1.I. The highest BCUT2D eigenvalue weighted by Gasteiger charge is 2.33. The van der Waals surface area contributed by atoms with E-state index in [1.807, 2.05) is 0 Å². The van der Waals surface area contributed by atoms with Crippen molar-refractivity contribution in [1.82, 2.24) is 15.6 Å². The first-order valence-electron chi connectivity index (χ1n) is 7.29. The predicted molar refractivity (Wildman–Crippen MR) is 99.7 cm³/mol. The van der Waals surface area contributed by atoms with Crippen molar-refractivity contribution in [3.63, 3.8) is 0 Å². The molecule has 134 valence electrons. The van der Waals surface area contributed by atoms with Crippen molar-refractivity contribution >= 4 is 41.3 Å². The Morgan fingerprint density at radius 3 is 2.48 bits per heavy atom. The first-order chi connectivity index (χ1) is 10.3. The number of aromatic nitrogens is 1. The van der Waals surface area contributed by atoms with Crippen molar-refractivity contribution in [2.24, 2.45) is 10.9 Å². The van der Waals surface area contributed by atoms with Crippen LogP contribution < -0.4 is 10.6 Å². The summed E-state index contributed by atoms with van der Waals surface area (Å²) < 4.78 is 37.3. The van der Waals surface area contributed by atoms with E-state index >= 15 is 0 Å². The molecule has 0 aromatic carbocycles. The lowest BCUT2D eigenvalue weighted by Crippen LogP contribution is -2.38. The fraction of sp³-hybridized carbons (Fsp3) is 0.714. The molecule has 0 saturated carbocycles. The Kier molecular flexibility index (Phi) is 10.8. The van der Waals surface area contributed by atoms with Gasteiger partial charge in [0.05, 0.1) is 5.01 Å². The molecule has 9 heteroatoms. The smallest absolute Gasteiger partial charge is 0.356 e. The third-order valence-electron chi connectivity index (χ3n) is 2.95. The largest absolute Gasteiger partial charge is 0.434 e. The fourth-order valence-corrected chi connectivity index (χ4v) is 2.59. The van der Waals surface area contributed by atoms with Gasteiger partial charge in [0.15, 0.2) is 11.7 Å². The van der Waals surface area contributed by atoms with Crippen LogP contribution in [0, 0.1) is 5.92 Å². The summed E-state index contributed by atoms with van der Waals surface area (Å²) >= 11 is 1.03. The van der Waals surface area contributed by atoms with Gasteiger partial charge in [-0.3, -0.25) is 4.99 Å². The number of nitrogens with one attached hydrogen (secondary N) is 2. The highest BCUT2D eigenvalue weighted by atomic mass is 127. The minimum atomic E-state index is -4.36. The first-order valence-corrected chi connectivity index (χ1v) is 8.17. The summed E-state index contributed by atoms with van der Waals surface area (Å²) in [5, 5.41) is 7.78. The molecule has 0 unspecified atom stereocenters. The molecule has 1 heterocycles. The number of aliphatic imine (C=N–C) groups is 1. The molecule has 0 aliphatic carbocycles. The summed E-state index contributed by atoms with van der Waals surface area (Å²) in [6.45, 7) is 5.68. The maximum absolute atomic E-state index is 12.4. The van der Waals surface area contributed by atoms with Crippen LogP contribution in [0.4, 0.5) is 13.2 Å². The van der Waals surface area contributed by atoms with Gasteiger partial charge in [-0.05, 0) is 18.8 Å². The molecule has 0 fully saturated rings. The van der Waals surface area contributed by atoms with Crippen LogP contribution in [-0.4, -0.2) is 31.1 Å². The van der Waals surface area contributed by atoms with E-state index < -0.39 is 11.9 Å². The predicted octanol–water partition coefficient (Wildman–Crippen LogP) is 3.92. The zero-order valence-corrected chi connectivity index (χ0v) is 16.7. The van der Waals surface area contributed by atoms with Crippen molar-refractivity contribution in [3.8, 4) is 0 Å². The number of rotatable bonds is 7. The summed E-state index contributed by atoms with van der Waals surface area (Å²) in [5.74, 6) is 1.33. The number of hydrogen-bond acceptors (Lipinski definition) is 3. The monoisotopic (exact) mass is 464 g/mol. The number of hydrogen-bond donors (Lipinski definition) is 2. The third-order valence-corrected chi connectivity index (χ3v) is 3.86. The van der Waals surface area contributed by atoms with E-state index in [4.69, 9.17) is 0 Å². The quantitative estimate of drug-likeness (QED) is 0.279. The van der Waals surface area contributed by atoms with Crippen LogP contribution in [0.1, 0.15) is 37.4 Å². The molecule has 0 amide bonds. The second-order valence-electron chi connectivity index (χ2n) is 5.34. The van der Waals surface area contributed by atoms with E-state index in [0.29, 0.717) is 29.9 Å². The van der Waals surface area contributed by atoms with Crippen molar-refractivity contribution in [2.45, 2.75) is 39.3 Å². The minimum Gasteiger partial charge on any atom is -0.356 e. The van der Waals surface area contributed by atoms with E-state index in [9.17, 15) is 13.2 Å². The molecule has 23 heavy (non-hydrogen) atoms. The molecule has 0 atom stereocenters. The van der Waals surface area contributed by atoms with Gasteiger partial charge in [0.25, 0.3) is 0 Å². The zero-order chi connectivity index (χ0) is 16.6. The Morgan fingerprint density at radius 1 is 1.30 bits per heavy atom. The highest BCUT2D eigenvalue weighted by Crippen LogP contribution is 2.29. The first kappa shape index (κ1) is 22.4. The van der Waals surface area contributed by atoms with Gasteiger partial charge in [0.2, 0.25) is 0 Å². The van der Waals surface area contributed by atoms with Gasteiger partial charge < -0.3 is 10.6 Å². The van der Waals surface area contributed by atoms with Crippen molar-refractivity contribution in [2.75, 3.05) is 20.1 Å². The average molecular weight is 464 g/mol. The molecule has 0 radical (unpaired) electrons. The second kappa shape index (κ2) is 11.1. The lowest BCUT2D eigenvalue weighted by atomic mass is 10.1. The standard InChI is InChI=1S/C14H23F3N4S.HI/c1-10(2)5-4-7-19-13(18-3)20-8-6-12-21-11(9-22-12)14(15,16)17;/h9-10H,4-8H2,1-3H3,(H2,18,19,20);1H. The molecule has 2 N–H and O–H groups in total. The van der Waals surface area contributed by atoms with E-state index in [-0.39, 0.29) is 24.0 Å². The van der Waals surface area contributed by atoms with Gasteiger partial charge in [0.1, 0.15) is 0 Å². The summed E-state index contributed by atoms with van der Waals surface area (Å²) in [6, 6.07) is 0. The van der Waals surface area contributed by atoms with Crippen LogP contribution in [-0.2, 0) is 12.6 Å². The van der Waals surface area contributed by atoms with Gasteiger partial charge >= 0.3 is 6.18 Å². The Bertz CT molecular complexity index is 475. The van der Waals surface area contributed by atoms with Gasteiger partial charge in [-0.1, -0.05) is 13.8 Å². The molecule has 0 bridgehead atoms. The third kappa shape index (κ3) is 9.33. The molecule has 0 saturated heterocycles. The molecule has 1 rings (SSSR count). The molecular weight excluding hydrogens is 440 g/mol. The van der Waals surface area contributed by atoms with Crippen LogP contribution in [0.25, 0.3) is 0 Å². The van der Waals surface area contributed by atoms with E-state index in [1.54, 1.807) is 7.05 Å². The van der Waals surface area contributed by atoms with Crippen LogP contribution in [0.5, 0.6) is 0 Å². The van der Waals surface area contributed by atoms with Gasteiger partial charge in [-0.2, -0.15) is 13.2 Å².